The molecule has 0 bridgehead atoms. The van der Waals surface area contributed by atoms with Crippen molar-refractivity contribution < 1.29 is 23.5 Å². The molecule has 2 fully saturated rings. The van der Waals surface area contributed by atoms with Crippen LogP contribution in [0.4, 0.5) is 15.8 Å². The molecule has 2 amide bonds. The number of benzene rings is 3. The number of halogens is 1. The SMILES string of the molecule is CCOC(=O)[C@@H]1[C@@H]2C(=O)N(c3ccc(F)cc3)C(=O)[C@@H]2[C@H]2C=Cc3c(ccc4ccccc34)N21. The van der Waals surface area contributed by atoms with Crippen molar-refractivity contribution in [3.63, 3.8) is 0 Å². The van der Waals surface area contributed by atoms with Gasteiger partial charge in [-0.1, -0.05) is 42.5 Å². The van der Waals surface area contributed by atoms with Crippen LogP contribution < -0.4 is 9.80 Å². The van der Waals surface area contributed by atoms with E-state index in [1.54, 1.807) is 6.92 Å². The fraction of sp³-hybridized carbons (Fsp3) is 0.222. The van der Waals surface area contributed by atoms with Crippen molar-refractivity contribution in [2.24, 2.45) is 11.8 Å². The zero-order valence-corrected chi connectivity index (χ0v) is 18.4. The monoisotopic (exact) mass is 456 g/mol. The second kappa shape index (κ2) is 7.52. The maximum absolute atomic E-state index is 13.6. The Hall–Kier alpha value is -4.00. The summed E-state index contributed by atoms with van der Waals surface area (Å²) < 4.78 is 18.8. The first-order chi connectivity index (χ1) is 16.5. The van der Waals surface area contributed by atoms with Crippen molar-refractivity contribution >= 4 is 46.0 Å². The molecule has 6 nitrogen and oxygen atoms in total. The van der Waals surface area contributed by atoms with Gasteiger partial charge in [-0.15, -0.1) is 0 Å². The molecule has 6 rings (SSSR count). The van der Waals surface area contributed by atoms with Gasteiger partial charge in [0.1, 0.15) is 11.9 Å². The van der Waals surface area contributed by atoms with Crippen molar-refractivity contribution in [2.75, 3.05) is 16.4 Å². The van der Waals surface area contributed by atoms with Gasteiger partial charge in [0.2, 0.25) is 11.8 Å². The highest BCUT2D eigenvalue weighted by Crippen LogP contribution is 2.50. The predicted molar refractivity (Wildman–Crippen MR) is 126 cm³/mol. The molecule has 3 aromatic rings. The van der Waals surface area contributed by atoms with E-state index in [4.69, 9.17) is 4.74 Å². The molecule has 0 spiro atoms. The third-order valence-electron chi connectivity index (χ3n) is 7.03. The van der Waals surface area contributed by atoms with Crippen LogP contribution in [0.1, 0.15) is 12.5 Å². The number of anilines is 2. The zero-order chi connectivity index (χ0) is 23.6. The van der Waals surface area contributed by atoms with E-state index in [0.717, 1.165) is 26.9 Å². The van der Waals surface area contributed by atoms with Crippen LogP contribution in [0.2, 0.25) is 0 Å². The third kappa shape index (κ3) is 2.76. The van der Waals surface area contributed by atoms with Gasteiger partial charge in [-0.2, -0.15) is 0 Å². The maximum Gasteiger partial charge on any atom is 0.329 e. The van der Waals surface area contributed by atoms with Gasteiger partial charge < -0.3 is 9.64 Å². The average molecular weight is 456 g/mol. The van der Waals surface area contributed by atoms with Gasteiger partial charge in [0.05, 0.1) is 30.2 Å². The molecule has 2 saturated heterocycles. The Balaban J connectivity index is 1.49. The van der Waals surface area contributed by atoms with Crippen molar-refractivity contribution in [3.05, 3.63) is 78.1 Å². The molecule has 0 saturated carbocycles. The summed E-state index contributed by atoms with van der Waals surface area (Å²) in [5.74, 6) is -3.50. The molecular weight excluding hydrogens is 435 g/mol. The highest BCUT2D eigenvalue weighted by Gasteiger charge is 2.65. The molecule has 0 radical (unpaired) electrons. The van der Waals surface area contributed by atoms with Crippen molar-refractivity contribution in [2.45, 2.75) is 19.0 Å². The second-order valence-corrected chi connectivity index (χ2v) is 8.71. The molecule has 3 aliphatic heterocycles. The molecular formula is C27H21FN2O4. The van der Waals surface area contributed by atoms with Crippen LogP contribution in [0.15, 0.2) is 66.7 Å². The third-order valence-corrected chi connectivity index (χ3v) is 7.03. The Morgan fingerprint density at radius 1 is 0.971 bits per heavy atom. The number of carbonyl (C=O) groups excluding carboxylic acids is 3. The minimum atomic E-state index is -0.943. The normalized spacial score (nSPS) is 24.9. The fourth-order valence-electron chi connectivity index (χ4n) is 5.67. The Morgan fingerprint density at radius 2 is 1.71 bits per heavy atom. The van der Waals surface area contributed by atoms with Gasteiger partial charge in [-0.3, -0.25) is 9.59 Å². The number of fused-ring (bicyclic) bond motifs is 7. The number of hydrogen-bond acceptors (Lipinski definition) is 5. The summed E-state index contributed by atoms with van der Waals surface area (Å²) in [6.45, 7) is 1.88. The number of amides is 2. The van der Waals surface area contributed by atoms with E-state index >= 15 is 0 Å². The van der Waals surface area contributed by atoms with E-state index in [9.17, 15) is 18.8 Å². The number of hydrogen-bond donors (Lipinski definition) is 0. The zero-order valence-electron chi connectivity index (χ0n) is 18.4. The van der Waals surface area contributed by atoms with Crippen molar-refractivity contribution in [3.8, 4) is 0 Å². The van der Waals surface area contributed by atoms with Crippen LogP contribution in [0.25, 0.3) is 16.8 Å². The summed E-state index contributed by atoms with van der Waals surface area (Å²) >= 11 is 0. The highest BCUT2D eigenvalue weighted by atomic mass is 19.1. The van der Waals surface area contributed by atoms with Gasteiger partial charge in [-0.05, 0) is 48.0 Å². The first-order valence-electron chi connectivity index (χ1n) is 11.3. The molecule has 0 aliphatic carbocycles. The Bertz CT molecular complexity index is 1380. The summed E-state index contributed by atoms with van der Waals surface area (Å²) in [4.78, 5) is 43.4. The minimum Gasteiger partial charge on any atom is -0.464 e. The molecule has 0 unspecified atom stereocenters. The highest BCUT2D eigenvalue weighted by molar-refractivity contribution is 6.24. The summed E-state index contributed by atoms with van der Waals surface area (Å²) in [6, 6.07) is 15.7. The second-order valence-electron chi connectivity index (χ2n) is 8.71. The van der Waals surface area contributed by atoms with E-state index in [2.05, 4.69) is 0 Å². The standard InChI is InChI=1S/C27H21FN2O4/c1-2-34-27(33)24-23-22(25(31)29(26(23)32)17-10-8-16(28)9-11-17)21-14-12-19-18-6-4-3-5-15(18)7-13-20(19)30(21)24/h3-14,21-24H,2H2,1H3/t21-,22-,23-,24+/m1/s1. The van der Waals surface area contributed by atoms with Crippen LogP contribution in [0.3, 0.4) is 0 Å². The molecule has 170 valence electrons. The maximum atomic E-state index is 13.6. The number of carbonyl (C=O) groups is 3. The van der Waals surface area contributed by atoms with Gasteiger partial charge in [-0.25, -0.2) is 14.1 Å². The van der Waals surface area contributed by atoms with E-state index < -0.39 is 47.5 Å². The van der Waals surface area contributed by atoms with Gasteiger partial charge in [0.15, 0.2) is 0 Å². The molecule has 3 aliphatic rings. The lowest BCUT2D eigenvalue weighted by atomic mass is 9.88. The number of esters is 1. The molecule has 0 N–H and O–H groups in total. The lowest BCUT2D eigenvalue weighted by molar-refractivity contribution is -0.147. The van der Waals surface area contributed by atoms with Crippen LogP contribution in [0.5, 0.6) is 0 Å². The number of imide groups is 1. The predicted octanol–water partition coefficient (Wildman–Crippen LogP) is 3.93. The van der Waals surface area contributed by atoms with Crippen LogP contribution in [0, 0.1) is 17.7 Å². The molecule has 0 aromatic heterocycles. The number of ether oxygens (including phenoxy) is 1. The largest absolute Gasteiger partial charge is 0.464 e. The lowest BCUT2D eigenvalue weighted by Crippen LogP contribution is -2.49. The van der Waals surface area contributed by atoms with Crippen molar-refractivity contribution in [1.82, 2.24) is 0 Å². The van der Waals surface area contributed by atoms with Gasteiger partial charge >= 0.3 is 5.97 Å². The molecule has 7 heteroatoms. The molecule has 3 heterocycles. The van der Waals surface area contributed by atoms with E-state index in [-0.39, 0.29) is 6.61 Å². The summed E-state index contributed by atoms with van der Waals surface area (Å²) in [5, 5.41) is 2.09. The first kappa shape index (κ1) is 20.6. The molecule has 4 atom stereocenters. The average Bonchev–Trinajstić information content (AvgIpc) is 3.32. The van der Waals surface area contributed by atoms with E-state index in [0.29, 0.717) is 5.69 Å². The summed E-state index contributed by atoms with van der Waals surface area (Å²) in [6.07, 6.45) is 3.88. The quantitative estimate of drug-likeness (QED) is 0.441. The van der Waals surface area contributed by atoms with E-state index in [1.807, 2.05) is 53.5 Å². The van der Waals surface area contributed by atoms with Crippen LogP contribution in [-0.2, 0) is 19.1 Å². The topological polar surface area (TPSA) is 66.9 Å². The summed E-state index contributed by atoms with van der Waals surface area (Å²) in [5.41, 5.74) is 2.04. The summed E-state index contributed by atoms with van der Waals surface area (Å²) in [7, 11) is 0. The lowest BCUT2D eigenvalue weighted by Gasteiger charge is -2.36. The minimum absolute atomic E-state index is 0.162. The number of nitrogens with zero attached hydrogens (tertiary/aromatic N) is 2. The van der Waals surface area contributed by atoms with Crippen LogP contribution >= 0.6 is 0 Å². The first-order valence-corrected chi connectivity index (χ1v) is 11.3. The van der Waals surface area contributed by atoms with Gasteiger partial charge in [0.25, 0.3) is 0 Å². The Labute approximate surface area is 195 Å². The Kier molecular flexibility index (Phi) is 4.55. The van der Waals surface area contributed by atoms with E-state index in [1.165, 1.54) is 24.3 Å². The fourth-order valence-corrected chi connectivity index (χ4v) is 5.67. The van der Waals surface area contributed by atoms with Gasteiger partial charge in [0, 0.05) is 11.3 Å². The van der Waals surface area contributed by atoms with Crippen LogP contribution in [-0.4, -0.2) is 36.5 Å². The molecule has 3 aromatic carbocycles. The number of rotatable bonds is 3. The Morgan fingerprint density at radius 3 is 2.47 bits per heavy atom. The molecule has 34 heavy (non-hydrogen) atoms. The smallest absolute Gasteiger partial charge is 0.329 e. The van der Waals surface area contributed by atoms with Crippen molar-refractivity contribution in [1.29, 1.82) is 0 Å².